The maximum Gasteiger partial charge on any atom is 0.418 e. The number of rotatable bonds is 4. The highest BCUT2D eigenvalue weighted by Crippen LogP contribution is 2.34. The number of aromatic nitrogens is 2. The highest BCUT2D eigenvalue weighted by atomic mass is 19.4. The van der Waals surface area contributed by atoms with Crippen LogP contribution < -0.4 is 10.1 Å². The third-order valence-electron chi connectivity index (χ3n) is 3.44. The third-order valence-corrected chi connectivity index (χ3v) is 3.44. The van der Waals surface area contributed by atoms with Gasteiger partial charge in [0.1, 0.15) is 5.75 Å². The van der Waals surface area contributed by atoms with Gasteiger partial charge in [0.25, 0.3) is 0 Å². The zero-order chi connectivity index (χ0) is 18.7. The molecule has 0 aliphatic carbocycles. The highest BCUT2D eigenvalue weighted by Gasteiger charge is 2.34. The van der Waals surface area contributed by atoms with E-state index in [1.807, 2.05) is 0 Å². The number of ether oxygens (including phenoxy) is 1. The molecule has 3 aromatic rings. The van der Waals surface area contributed by atoms with Crippen LogP contribution in [0.3, 0.4) is 0 Å². The van der Waals surface area contributed by atoms with Crippen molar-refractivity contribution >= 4 is 11.6 Å². The van der Waals surface area contributed by atoms with Gasteiger partial charge in [0, 0.05) is 5.56 Å². The first-order valence-electron chi connectivity index (χ1n) is 7.34. The van der Waals surface area contributed by atoms with Crippen LogP contribution in [0, 0.1) is 0 Å². The molecule has 1 aromatic heterocycles. The molecule has 2 aromatic carbocycles. The van der Waals surface area contributed by atoms with Crippen LogP contribution in [0.5, 0.6) is 5.75 Å². The molecule has 1 N–H and O–H groups in total. The summed E-state index contributed by atoms with van der Waals surface area (Å²) in [7, 11) is 1.52. The fourth-order valence-corrected chi connectivity index (χ4v) is 2.18. The Kier molecular flexibility index (Phi) is 4.61. The van der Waals surface area contributed by atoms with Crippen molar-refractivity contribution in [1.82, 2.24) is 10.2 Å². The van der Waals surface area contributed by atoms with Crippen LogP contribution in [0.1, 0.15) is 16.2 Å². The van der Waals surface area contributed by atoms with Gasteiger partial charge in [0.05, 0.1) is 18.4 Å². The summed E-state index contributed by atoms with van der Waals surface area (Å²) < 4.78 is 49.2. The maximum absolute atomic E-state index is 13.0. The van der Waals surface area contributed by atoms with Gasteiger partial charge in [0.15, 0.2) is 0 Å². The van der Waals surface area contributed by atoms with E-state index in [-0.39, 0.29) is 5.89 Å². The van der Waals surface area contributed by atoms with Crippen LogP contribution in [-0.4, -0.2) is 23.2 Å². The van der Waals surface area contributed by atoms with Gasteiger partial charge < -0.3 is 14.5 Å². The van der Waals surface area contributed by atoms with Crippen molar-refractivity contribution in [3.05, 3.63) is 60.0 Å². The minimum Gasteiger partial charge on any atom is -0.497 e. The molecule has 0 unspecified atom stereocenters. The Hall–Kier alpha value is -3.36. The SMILES string of the molecule is COc1ccc(-c2nnc(C(=O)Nc3ccccc3C(F)(F)F)o2)cc1. The Balaban J connectivity index is 1.81. The van der Waals surface area contributed by atoms with E-state index in [0.717, 1.165) is 12.1 Å². The Morgan fingerprint density at radius 3 is 2.42 bits per heavy atom. The zero-order valence-corrected chi connectivity index (χ0v) is 13.4. The van der Waals surface area contributed by atoms with Crippen molar-refractivity contribution in [2.24, 2.45) is 0 Å². The van der Waals surface area contributed by atoms with Crippen LogP contribution >= 0.6 is 0 Å². The van der Waals surface area contributed by atoms with E-state index in [4.69, 9.17) is 9.15 Å². The van der Waals surface area contributed by atoms with E-state index in [1.54, 1.807) is 24.3 Å². The summed E-state index contributed by atoms with van der Waals surface area (Å²) in [6.45, 7) is 0. The van der Waals surface area contributed by atoms with Crippen molar-refractivity contribution in [3.8, 4) is 17.2 Å². The normalized spacial score (nSPS) is 11.2. The molecular formula is C17H12F3N3O3. The largest absolute Gasteiger partial charge is 0.497 e. The highest BCUT2D eigenvalue weighted by molar-refractivity contribution is 6.01. The Morgan fingerprint density at radius 2 is 1.77 bits per heavy atom. The standard InChI is InChI=1S/C17H12F3N3O3/c1-25-11-8-6-10(7-9-11)15-22-23-16(26-15)14(24)21-13-5-3-2-4-12(13)17(18,19)20/h2-9H,1H3,(H,21,24). The van der Waals surface area contributed by atoms with Gasteiger partial charge in [-0.3, -0.25) is 4.79 Å². The number of para-hydroxylation sites is 1. The molecule has 0 spiro atoms. The minimum absolute atomic E-state index is 0.0573. The lowest BCUT2D eigenvalue weighted by atomic mass is 10.1. The number of amides is 1. The van der Waals surface area contributed by atoms with E-state index in [9.17, 15) is 18.0 Å². The van der Waals surface area contributed by atoms with Gasteiger partial charge in [-0.15, -0.1) is 10.2 Å². The number of hydrogen-bond donors (Lipinski definition) is 1. The van der Waals surface area contributed by atoms with Gasteiger partial charge in [-0.05, 0) is 36.4 Å². The first-order chi connectivity index (χ1) is 12.4. The third kappa shape index (κ3) is 3.66. The van der Waals surface area contributed by atoms with Gasteiger partial charge in [-0.2, -0.15) is 13.2 Å². The van der Waals surface area contributed by atoms with Crippen molar-refractivity contribution in [3.63, 3.8) is 0 Å². The molecule has 0 radical (unpaired) electrons. The molecule has 0 bridgehead atoms. The average Bonchev–Trinajstić information content (AvgIpc) is 3.11. The van der Waals surface area contributed by atoms with Gasteiger partial charge in [-0.25, -0.2) is 0 Å². The Morgan fingerprint density at radius 1 is 1.08 bits per heavy atom. The van der Waals surface area contributed by atoms with Gasteiger partial charge in [0.2, 0.25) is 5.89 Å². The number of halogens is 3. The van der Waals surface area contributed by atoms with Crippen molar-refractivity contribution in [2.45, 2.75) is 6.18 Å². The summed E-state index contributed by atoms with van der Waals surface area (Å²) >= 11 is 0. The van der Waals surface area contributed by atoms with Crippen molar-refractivity contribution in [2.75, 3.05) is 12.4 Å². The molecule has 0 saturated heterocycles. The fraction of sp³-hybridized carbons (Fsp3) is 0.118. The van der Waals surface area contributed by atoms with E-state index in [1.165, 1.54) is 19.2 Å². The second kappa shape index (κ2) is 6.87. The number of carbonyl (C=O) groups excluding carboxylic acids is 1. The second-order valence-corrected chi connectivity index (χ2v) is 5.14. The first kappa shape index (κ1) is 17.5. The summed E-state index contributed by atoms with van der Waals surface area (Å²) in [5, 5.41) is 9.46. The lowest BCUT2D eigenvalue weighted by Gasteiger charge is -2.12. The lowest BCUT2D eigenvalue weighted by Crippen LogP contribution is -2.16. The van der Waals surface area contributed by atoms with E-state index in [0.29, 0.717) is 11.3 Å². The predicted molar refractivity (Wildman–Crippen MR) is 85.7 cm³/mol. The fourth-order valence-electron chi connectivity index (χ4n) is 2.18. The second-order valence-electron chi connectivity index (χ2n) is 5.14. The number of anilines is 1. The zero-order valence-electron chi connectivity index (χ0n) is 13.4. The number of hydrogen-bond acceptors (Lipinski definition) is 5. The van der Waals surface area contributed by atoms with Gasteiger partial charge in [-0.1, -0.05) is 12.1 Å². The summed E-state index contributed by atoms with van der Waals surface area (Å²) in [5.41, 5.74) is -0.828. The number of benzene rings is 2. The number of nitrogens with one attached hydrogen (secondary N) is 1. The summed E-state index contributed by atoms with van der Waals surface area (Å²) in [4.78, 5) is 12.1. The monoisotopic (exact) mass is 363 g/mol. The smallest absolute Gasteiger partial charge is 0.418 e. The molecule has 0 fully saturated rings. The first-order valence-corrected chi connectivity index (χ1v) is 7.34. The molecule has 0 atom stereocenters. The lowest BCUT2D eigenvalue weighted by molar-refractivity contribution is -0.136. The molecule has 0 aliphatic rings. The molecular weight excluding hydrogens is 351 g/mol. The molecule has 0 aliphatic heterocycles. The van der Waals surface area contributed by atoms with Crippen LogP contribution in [0.25, 0.3) is 11.5 Å². The molecule has 6 nitrogen and oxygen atoms in total. The Bertz CT molecular complexity index is 921. The summed E-state index contributed by atoms with van der Waals surface area (Å²) in [5.74, 6) is -0.710. The van der Waals surface area contributed by atoms with Gasteiger partial charge >= 0.3 is 18.0 Å². The number of alkyl halides is 3. The quantitative estimate of drug-likeness (QED) is 0.758. The predicted octanol–water partition coefficient (Wildman–Crippen LogP) is 4.02. The van der Waals surface area contributed by atoms with Crippen LogP contribution in [0.4, 0.5) is 18.9 Å². The van der Waals surface area contributed by atoms with Crippen molar-refractivity contribution in [1.29, 1.82) is 0 Å². The average molecular weight is 363 g/mol. The Labute approximate surface area is 145 Å². The van der Waals surface area contributed by atoms with Crippen LogP contribution in [-0.2, 0) is 6.18 Å². The summed E-state index contributed by atoms with van der Waals surface area (Å²) in [6, 6.07) is 11.2. The van der Waals surface area contributed by atoms with E-state index in [2.05, 4.69) is 15.5 Å². The van der Waals surface area contributed by atoms with E-state index >= 15 is 0 Å². The topological polar surface area (TPSA) is 77.2 Å². The molecule has 1 heterocycles. The number of nitrogens with zero attached hydrogens (tertiary/aromatic N) is 2. The minimum atomic E-state index is -4.60. The molecule has 1 amide bonds. The van der Waals surface area contributed by atoms with E-state index < -0.39 is 29.2 Å². The number of methoxy groups -OCH3 is 1. The molecule has 26 heavy (non-hydrogen) atoms. The maximum atomic E-state index is 13.0. The number of carbonyl (C=O) groups is 1. The molecule has 0 saturated carbocycles. The summed E-state index contributed by atoms with van der Waals surface area (Å²) in [6.07, 6.45) is -4.60. The molecule has 9 heteroatoms. The van der Waals surface area contributed by atoms with Crippen LogP contribution in [0.2, 0.25) is 0 Å². The molecule has 3 rings (SSSR count). The molecule has 134 valence electrons. The van der Waals surface area contributed by atoms with Crippen LogP contribution in [0.15, 0.2) is 52.9 Å². The van der Waals surface area contributed by atoms with Crippen molar-refractivity contribution < 1.29 is 27.1 Å².